The van der Waals surface area contributed by atoms with E-state index in [1.54, 1.807) is 24.5 Å². The van der Waals surface area contributed by atoms with E-state index in [0.717, 1.165) is 12.1 Å². The van der Waals surface area contributed by atoms with Crippen LogP contribution in [0.1, 0.15) is 24.8 Å². The van der Waals surface area contributed by atoms with Gasteiger partial charge in [0.1, 0.15) is 17.7 Å². The number of halogens is 3. The van der Waals surface area contributed by atoms with E-state index in [9.17, 15) is 18.0 Å². The van der Waals surface area contributed by atoms with Crippen LogP contribution < -0.4 is 21.5 Å². The molecule has 3 heterocycles. The van der Waals surface area contributed by atoms with E-state index < -0.39 is 17.8 Å². The van der Waals surface area contributed by atoms with Gasteiger partial charge < -0.3 is 25.8 Å². The Morgan fingerprint density at radius 2 is 2.11 bits per heavy atom. The molecule has 35 heavy (non-hydrogen) atoms. The summed E-state index contributed by atoms with van der Waals surface area (Å²) in [5, 5.41) is 3.09. The average molecular weight is 492 g/mol. The second-order valence-electron chi connectivity index (χ2n) is 8.84. The minimum atomic E-state index is -4.38. The van der Waals surface area contributed by atoms with Crippen LogP contribution in [0.4, 0.5) is 24.8 Å². The number of aromatic nitrogens is 2. The molecule has 1 atom stereocenters. The van der Waals surface area contributed by atoms with Gasteiger partial charge in [-0.1, -0.05) is 0 Å². The highest BCUT2D eigenvalue weighted by molar-refractivity contribution is 5.83. The number of aromatic amines is 1. The van der Waals surface area contributed by atoms with Crippen LogP contribution in [0.3, 0.4) is 0 Å². The molecular weight excluding hydrogens is 459 g/mol. The number of aryl methyl sites for hydroxylation is 1. The average Bonchev–Trinajstić information content (AvgIpc) is 2.81. The second-order valence-corrected chi connectivity index (χ2v) is 8.84. The maximum Gasteiger partial charge on any atom is 0.408 e. The Morgan fingerprint density at radius 3 is 2.80 bits per heavy atom. The van der Waals surface area contributed by atoms with Crippen LogP contribution in [0, 0.1) is 6.92 Å². The number of H-pyrrole nitrogens is 1. The van der Waals surface area contributed by atoms with Crippen molar-refractivity contribution in [3.05, 3.63) is 52.2 Å². The molecule has 1 saturated heterocycles. The highest BCUT2D eigenvalue weighted by Crippen LogP contribution is 2.35. The summed E-state index contributed by atoms with van der Waals surface area (Å²) in [5.41, 5.74) is 7.75. The van der Waals surface area contributed by atoms with Crippen LogP contribution in [0.25, 0.3) is 11.1 Å². The monoisotopic (exact) mass is 491 g/mol. The lowest BCUT2D eigenvalue weighted by Gasteiger charge is -2.38. The first kappa shape index (κ1) is 26.3. The Hall–Kier alpha value is -3.34. The molecule has 8 nitrogen and oxygen atoms in total. The summed E-state index contributed by atoms with van der Waals surface area (Å²) in [5.74, 6) is 0.630. The van der Waals surface area contributed by atoms with Crippen molar-refractivity contribution in [3.63, 3.8) is 0 Å². The first-order chi connectivity index (χ1) is 16.6. The fourth-order valence-electron chi connectivity index (χ4n) is 3.99. The van der Waals surface area contributed by atoms with Crippen molar-refractivity contribution in [1.82, 2.24) is 14.9 Å². The smallest absolute Gasteiger partial charge is 0.403 e. The maximum absolute atomic E-state index is 13.6. The molecule has 1 aliphatic heterocycles. The minimum Gasteiger partial charge on any atom is -0.403 e. The quantitative estimate of drug-likeness (QED) is 0.489. The molecule has 2 aromatic heterocycles. The van der Waals surface area contributed by atoms with E-state index in [0.29, 0.717) is 42.0 Å². The summed E-state index contributed by atoms with van der Waals surface area (Å²) in [7, 11) is 3.92. The molecule has 0 radical (unpaired) electrons. The number of anilines is 2. The molecule has 0 amide bonds. The topological polar surface area (TPSA) is 103 Å². The Labute approximate surface area is 202 Å². The largest absolute Gasteiger partial charge is 0.408 e. The Balaban J connectivity index is 1.89. The van der Waals surface area contributed by atoms with Crippen LogP contribution >= 0.6 is 0 Å². The molecule has 11 heteroatoms. The van der Waals surface area contributed by atoms with Crippen LogP contribution in [0.5, 0.6) is 0 Å². The maximum atomic E-state index is 13.6. The van der Waals surface area contributed by atoms with Gasteiger partial charge in [-0.25, -0.2) is 4.98 Å². The number of nitrogens with two attached hydrogens (primary N) is 1. The summed E-state index contributed by atoms with van der Waals surface area (Å²) >= 11 is 0. The van der Waals surface area contributed by atoms with Gasteiger partial charge in [-0.2, -0.15) is 13.2 Å². The molecule has 1 unspecified atom stereocenters. The SMILES string of the molecule is Cc1cnc(N/C(C=NCCN(C)C)=C/N)cc1-c1cc(N2CCCCC2C(F)(F)F)[nH]c(=O)c1. The fourth-order valence-corrected chi connectivity index (χ4v) is 3.99. The number of likely N-dealkylation sites (N-methyl/N-ethyl adjacent to an activating group) is 1. The summed E-state index contributed by atoms with van der Waals surface area (Å²) in [6.45, 7) is 3.44. The minimum absolute atomic E-state index is 0.00239. The first-order valence-corrected chi connectivity index (χ1v) is 11.5. The molecule has 190 valence electrons. The van der Waals surface area contributed by atoms with Gasteiger partial charge in [-0.15, -0.1) is 0 Å². The Morgan fingerprint density at radius 1 is 1.34 bits per heavy atom. The summed E-state index contributed by atoms with van der Waals surface area (Å²) in [6, 6.07) is 3.09. The van der Waals surface area contributed by atoms with Gasteiger partial charge in [0, 0.05) is 37.8 Å². The zero-order valence-corrected chi connectivity index (χ0v) is 20.2. The molecule has 2 aromatic rings. The first-order valence-electron chi connectivity index (χ1n) is 11.5. The molecule has 1 fully saturated rings. The molecule has 0 bridgehead atoms. The van der Waals surface area contributed by atoms with Crippen molar-refractivity contribution in [3.8, 4) is 11.1 Å². The number of pyridine rings is 2. The molecule has 0 aliphatic carbocycles. The zero-order valence-electron chi connectivity index (χ0n) is 20.2. The molecule has 3 rings (SSSR count). The lowest BCUT2D eigenvalue weighted by Crippen LogP contribution is -2.49. The van der Waals surface area contributed by atoms with Gasteiger partial charge in [-0.3, -0.25) is 9.79 Å². The Kier molecular flexibility index (Phi) is 8.55. The molecule has 0 spiro atoms. The van der Waals surface area contributed by atoms with E-state index in [2.05, 4.69) is 20.3 Å². The van der Waals surface area contributed by atoms with Crippen LogP contribution in [0.2, 0.25) is 0 Å². The van der Waals surface area contributed by atoms with Crippen LogP contribution in [0.15, 0.2) is 46.1 Å². The zero-order chi connectivity index (χ0) is 25.6. The Bertz CT molecular complexity index is 1120. The lowest BCUT2D eigenvalue weighted by atomic mass is 10.00. The molecule has 4 N–H and O–H groups in total. The van der Waals surface area contributed by atoms with Crippen molar-refractivity contribution in [2.45, 2.75) is 38.4 Å². The van der Waals surface area contributed by atoms with Gasteiger partial charge in [0.2, 0.25) is 5.56 Å². The number of rotatable bonds is 8. The highest BCUT2D eigenvalue weighted by atomic mass is 19.4. The number of nitrogens with zero attached hydrogens (tertiary/aromatic N) is 4. The number of hydrogen-bond acceptors (Lipinski definition) is 7. The number of aliphatic imine (C=N–C) groups is 1. The normalized spacial score (nSPS) is 17.4. The van der Waals surface area contributed by atoms with E-state index in [1.807, 2.05) is 25.9 Å². The van der Waals surface area contributed by atoms with Gasteiger partial charge in [-0.05, 0) is 69.1 Å². The summed E-state index contributed by atoms with van der Waals surface area (Å²) in [6.07, 6.45) is 1.38. The van der Waals surface area contributed by atoms with E-state index >= 15 is 0 Å². The second kappa shape index (κ2) is 11.4. The van der Waals surface area contributed by atoms with E-state index in [-0.39, 0.29) is 18.8 Å². The van der Waals surface area contributed by atoms with Crippen molar-refractivity contribution in [2.24, 2.45) is 10.7 Å². The molecule has 0 aromatic carbocycles. The lowest BCUT2D eigenvalue weighted by molar-refractivity contribution is -0.152. The van der Waals surface area contributed by atoms with Gasteiger partial charge in [0.05, 0.1) is 12.2 Å². The highest BCUT2D eigenvalue weighted by Gasteiger charge is 2.45. The van der Waals surface area contributed by atoms with Gasteiger partial charge >= 0.3 is 6.18 Å². The van der Waals surface area contributed by atoms with Gasteiger partial charge in [0.15, 0.2) is 0 Å². The van der Waals surface area contributed by atoms with Crippen LogP contribution in [-0.4, -0.2) is 67.0 Å². The number of allylic oxidation sites excluding steroid dienone is 1. The third-order valence-electron chi connectivity index (χ3n) is 5.79. The molecule has 0 saturated carbocycles. The number of hydrogen-bond donors (Lipinski definition) is 3. The molecule has 1 aliphatic rings. The number of piperidine rings is 1. The van der Waals surface area contributed by atoms with Gasteiger partial charge in [0.25, 0.3) is 0 Å². The number of alkyl halides is 3. The van der Waals surface area contributed by atoms with Crippen molar-refractivity contribution in [1.29, 1.82) is 0 Å². The van der Waals surface area contributed by atoms with Crippen molar-refractivity contribution in [2.75, 3.05) is 43.9 Å². The fraction of sp³-hybridized carbons (Fsp3) is 0.458. The standard InChI is InChI=1S/C24H32F3N7O/c1-16-14-30-21(31-18(13-28)15-29-7-9-33(2)3)12-19(16)17-10-22(32-23(35)11-17)34-8-5-4-6-20(34)24(25,26)27/h10-15,20H,4-9,28H2,1-3H3,(H,30,31)(H,32,35)/b18-13+,29-15?. The van der Waals surface area contributed by atoms with Crippen molar-refractivity contribution < 1.29 is 13.2 Å². The predicted molar refractivity (Wildman–Crippen MR) is 134 cm³/mol. The summed E-state index contributed by atoms with van der Waals surface area (Å²) in [4.78, 5) is 27.0. The third-order valence-corrected chi connectivity index (χ3v) is 5.79. The van der Waals surface area contributed by atoms with Crippen molar-refractivity contribution >= 4 is 17.9 Å². The molecular formula is C24H32F3N7O. The number of nitrogens with one attached hydrogen (secondary N) is 2. The third kappa shape index (κ3) is 7.08. The summed E-state index contributed by atoms with van der Waals surface area (Å²) < 4.78 is 40.9. The van der Waals surface area contributed by atoms with Crippen LogP contribution in [-0.2, 0) is 0 Å². The predicted octanol–water partition coefficient (Wildman–Crippen LogP) is 3.51. The van der Waals surface area contributed by atoms with E-state index in [1.165, 1.54) is 17.2 Å². The van der Waals surface area contributed by atoms with E-state index in [4.69, 9.17) is 5.73 Å².